The Balaban J connectivity index is 2.75. The van der Waals surface area contributed by atoms with Crippen LogP contribution in [0, 0.1) is 23.7 Å². The largest absolute Gasteiger partial charge is 0.481 e. The lowest BCUT2D eigenvalue weighted by atomic mass is 9.72. The molecule has 0 spiro atoms. The second kappa shape index (κ2) is 5.98. The number of Topliss-reactive ketones (excluding diaryl/α,β-unsaturated/α-hetero) is 1. The summed E-state index contributed by atoms with van der Waals surface area (Å²) in [5.41, 5.74) is 0. The summed E-state index contributed by atoms with van der Waals surface area (Å²) in [6, 6.07) is 0. The van der Waals surface area contributed by atoms with Gasteiger partial charge in [-0.05, 0) is 25.2 Å². The number of carbonyl (C=O) groups is 3. The minimum absolute atomic E-state index is 0.00204. The molecule has 0 amide bonds. The summed E-state index contributed by atoms with van der Waals surface area (Å²) in [6.07, 6.45) is 1.09. The van der Waals surface area contributed by atoms with Crippen LogP contribution in [-0.2, 0) is 14.4 Å². The minimum atomic E-state index is -0.997. The Morgan fingerprint density at radius 3 is 1.67 bits per heavy atom. The molecular formula is C13H20O5. The third-order valence-electron chi connectivity index (χ3n) is 3.47. The van der Waals surface area contributed by atoms with Crippen LogP contribution in [-0.4, -0.2) is 27.9 Å². The van der Waals surface area contributed by atoms with Gasteiger partial charge in [-0.15, -0.1) is 0 Å². The molecule has 1 aliphatic carbocycles. The van der Waals surface area contributed by atoms with Gasteiger partial charge in [-0.3, -0.25) is 14.4 Å². The quantitative estimate of drug-likeness (QED) is 0.782. The first-order valence-electron chi connectivity index (χ1n) is 6.29. The Bertz CT molecular complexity index is 325. The molecule has 5 nitrogen and oxygen atoms in total. The van der Waals surface area contributed by atoms with E-state index in [1.54, 1.807) is 0 Å². The van der Waals surface area contributed by atoms with Crippen molar-refractivity contribution in [2.75, 3.05) is 0 Å². The molecule has 2 unspecified atom stereocenters. The SMILES string of the molecule is CC(C)CC(=O)C1CC(C(=O)O)CC(C(=O)O)C1. The van der Waals surface area contributed by atoms with Gasteiger partial charge in [0.1, 0.15) is 5.78 Å². The first-order valence-corrected chi connectivity index (χ1v) is 6.29. The van der Waals surface area contributed by atoms with Crippen LogP contribution in [0.25, 0.3) is 0 Å². The first-order chi connectivity index (χ1) is 8.31. The number of carboxylic acids is 2. The van der Waals surface area contributed by atoms with E-state index in [-0.39, 0.29) is 31.0 Å². The molecule has 0 aromatic heterocycles. The topological polar surface area (TPSA) is 91.7 Å². The second-order valence-corrected chi connectivity index (χ2v) is 5.54. The highest BCUT2D eigenvalue weighted by atomic mass is 16.4. The minimum Gasteiger partial charge on any atom is -0.481 e. The van der Waals surface area contributed by atoms with Gasteiger partial charge in [0.05, 0.1) is 11.8 Å². The smallest absolute Gasteiger partial charge is 0.306 e. The van der Waals surface area contributed by atoms with Crippen molar-refractivity contribution in [3.05, 3.63) is 0 Å². The highest BCUT2D eigenvalue weighted by Gasteiger charge is 2.38. The summed E-state index contributed by atoms with van der Waals surface area (Å²) in [4.78, 5) is 34.0. The average Bonchev–Trinajstić information content (AvgIpc) is 2.27. The number of hydrogen-bond acceptors (Lipinski definition) is 3. The lowest BCUT2D eigenvalue weighted by Gasteiger charge is -2.30. The van der Waals surface area contributed by atoms with Gasteiger partial charge in [0.2, 0.25) is 0 Å². The Morgan fingerprint density at radius 1 is 0.944 bits per heavy atom. The number of hydrogen-bond donors (Lipinski definition) is 2. The van der Waals surface area contributed by atoms with Crippen molar-refractivity contribution in [2.24, 2.45) is 23.7 Å². The Morgan fingerprint density at radius 2 is 1.33 bits per heavy atom. The molecule has 0 aromatic carbocycles. The van der Waals surface area contributed by atoms with Gasteiger partial charge in [0.15, 0.2) is 0 Å². The van der Waals surface area contributed by atoms with E-state index in [2.05, 4.69) is 0 Å². The molecule has 1 saturated carbocycles. The fraction of sp³-hybridized carbons (Fsp3) is 0.769. The van der Waals surface area contributed by atoms with Crippen molar-refractivity contribution >= 4 is 17.7 Å². The van der Waals surface area contributed by atoms with Crippen LogP contribution in [0.1, 0.15) is 39.5 Å². The molecule has 0 aliphatic heterocycles. The molecule has 0 bridgehead atoms. The van der Waals surface area contributed by atoms with Gasteiger partial charge >= 0.3 is 11.9 Å². The van der Waals surface area contributed by atoms with E-state index >= 15 is 0 Å². The maximum Gasteiger partial charge on any atom is 0.306 e. The number of rotatable bonds is 5. The Labute approximate surface area is 106 Å². The molecule has 2 N–H and O–H groups in total. The number of carboxylic acid groups (broad SMARTS) is 2. The second-order valence-electron chi connectivity index (χ2n) is 5.54. The van der Waals surface area contributed by atoms with Crippen molar-refractivity contribution in [1.29, 1.82) is 0 Å². The predicted octanol–water partition coefficient (Wildman–Crippen LogP) is 1.80. The molecule has 1 rings (SSSR count). The van der Waals surface area contributed by atoms with Crippen LogP contribution in [0.2, 0.25) is 0 Å². The number of ketones is 1. The summed E-state index contributed by atoms with van der Waals surface area (Å²) in [6.45, 7) is 3.84. The van der Waals surface area contributed by atoms with Crippen molar-refractivity contribution in [2.45, 2.75) is 39.5 Å². The van der Waals surface area contributed by atoms with Crippen LogP contribution in [0.4, 0.5) is 0 Å². The molecule has 2 atom stereocenters. The lowest BCUT2D eigenvalue weighted by Crippen LogP contribution is -2.35. The maximum atomic E-state index is 12.0. The van der Waals surface area contributed by atoms with Gasteiger partial charge in [-0.1, -0.05) is 13.8 Å². The molecule has 102 valence electrons. The van der Waals surface area contributed by atoms with Gasteiger partial charge in [0, 0.05) is 12.3 Å². The Kier molecular flexibility index (Phi) is 4.87. The molecule has 0 radical (unpaired) electrons. The molecule has 0 heterocycles. The summed E-state index contributed by atoms with van der Waals surface area (Å²) >= 11 is 0. The molecule has 1 fully saturated rings. The summed E-state index contributed by atoms with van der Waals surface area (Å²) < 4.78 is 0. The normalized spacial score (nSPS) is 28.1. The molecule has 0 aromatic rings. The van der Waals surface area contributed by atoms with Crippen molar-refractivity contribution < 1.29 is 24.6 Å². The fourth-order valence-corrected chi connectivity index (χ4v) is 2.55. The first kappa shape index (κ1) is 14.7. The maximum absolute atomic E-state index is 12.0. The third kappa shape index (κ3) is 3.82. The third-order valence-corrected chi connectivity index (χ3v) is 3.47. The number of aliphatic carboxylic acids is 2. The standard InChI is InChI=1S/C13H20O5/c1-7(2)3-11(14)8-4-9(12(15)16)6-10(5-8)13(17)18/h7-10H,3-6H2,1-2H3,(H,15,16)(H,17,18). The van der Waals surface area contributed by atoms with E-state index in [0.29, 0.717) is 6.42 Å². The van der Waals surface area contributed by atoms with Gasteiger partial charge in [0.25, 0.3) is 0 Å². The lowest BCUT2D eigenvalue weighted by molar-refractivity contribution is -0.149. The zero-order valence-corrected chi connectivity index (χ0v) is 10.8. The van der Waals surface area contributed by atoms with Crippen molar-refractivity contribution in [3.8, 4) is 0 Å². The van der Waals surface area contributed by atoms with Crippen LogP contribution >= 0.6 is 0 Å². The highest BCUT2D eigenvalue weighted by Crippen LogP contribution is 2.35. The van der Waals surface area contributed by atoms with Gasteiger partial charge in [-0.25, -0.2) is 0 Å². The van der Waals surface area contributed by atoms with Gasteiger partial charge < -0.3 is 10.2 Å². The zero-order valence-electron chi connectivity index (χ0n) is 10.8. The molecule has 18 heavy (non-hydrogen) atoms. The molecule has 1 aliphatic rings. The number of carbonyl (C=O) groups excluding carboxylic acids is 1. The van der Waals surface area contributed by atoms with Crippen molar-refractivity contribution in [3.63, 3.8) is 0 Å². The van der Waals surface area contributed by atoms with Crippen LogP contribution in [0.15, 0.2) is 0 Å². The predicted molar refractivity (Wildman–Crippen MR) is 64.1 cm³/mol. The summed E-state index contributed by atoms with van der Waals surface area (Å²) in [7, 11) is 0. The highest BCUT2D eigenvalue weighted by molar-refractivity contribution is 5.83. The molecule has 5 heteroatoms. The van der Waals surface area contributed by atoms with Crippen LogP contribution in [0.3, 0.4) is 0 Å². The van der Waals surface area contributed by atoms with E-state index in [9.17, 15) is 14.4 Å². The Hall–Kier alpha value is -1.39. The van der Waals surface area contributed by atoms with E-state index in [0.717, 1.165) is 0 Å². The van der Waals surface area contributed by atoms with Gasteiger partial charge in [-0.2, -0.15) is 0 Å². The van der Waals surface area contributed by atoms with E-state index in [1.807, 2.05) is 13.8 Å². The molecular weight excluding hydrogens is 236 g/mol. The van der Waals surface area contributed by atoms with Crippen molar-refractivity contribution in [1.82, 2.24) is 0 Å². The fourth-order valence-electron chi connectivity index (χ4n) is 2.55. The summed E-state index contributed by atoms with van der Waals surface area (Å²) in [5, 5.41) is 18.0. The monoisotopic (exact) mass is 256 g/mol. The van der Waals surface area contributed by atoms with E-state index < -0.39 is 29.7 Å². The van der Waals surface area contributed by atoms with Crippen LogP contribution < -0.4 is 0 Å². The van der Waals surface area contributed by atoms with E-state index in [1.165, 1.54) is 0 Å². The summed E-state index contributed by atoms with van der Waals surface area (Å²) in [5.74, 6) is -3.61. The van der Waals surface area contributed by atoms with E-state index in [4.69, 9.17) is 10.2 Å². The zero-order chi connectivity index (χ0) is 13.9. The molecule has 0 saturated heterocycles. The average molecular weight is 256 g/mol. The van der Waals surface area contributed by atoms with Crippen LogP contribution in [0.5, 0.6) is 0 Å².